The van der Waals surface area contributed by atoms with E-state index in [1.165, 1.54) is 0 Å². The molecule has 1 heterocycles. The van der Waals surface area contributed by atoms with E-state index in [0.717, 1.165) is 27.0 Å². The molecule has 0 amide bonds. The summed E-state index contributed by atoms with van der Waals surface area (Å²) in [5.74, 6) is -0.575. The molecule has 0 spiro atoms. The second-order valence-corrected chi connectivity index (χ2v) is 11.6. The highest BCUT2D eigenvalue weighted by Gasteiger charge is 2.44. The molecular formula is C30H29Br2NO6. The normalized spacial score (nSPS) is 17.8. The number of rotatable bonds is 8. The van der Waals surface area contributed by atoms with Gasteiger partial charge < -0.3 is 19.5 Å². The number of carbonyl (C=O) groups excluding carboxylic acids is 2. The van der Waals surface area contributed by atoms with E-state index in [-0.39, 0.29) is 18.1 Å². The van der Waals surface area contributed by atoms with E-state index in [2.05, 4.69) is 31.9 Å². The van der Waals surface area contributed by atoms with Crippen LogP contribution in [-0.2, 0) is 21.0 Å². The predicted octanol–water partition coefficient (Wildman–Crippen LogP) is 6.69. The topological polar surface area (TPSA) is 93.1 Å². The summed E-state index contributed by atoms with van der Waals surface area (Å²) in [6.45, 7) is 2.36. The monoisotopic (exact) mass is 657 g/mol. The lowest BCUT2D eigenvalue weighted by Gasteiger charge is -2.43. The van der Waals surface area contributed by atoms with Gasteiger partial charge in [-0.3, -0.25) is 14.4 Å². The Hall–Kier alpha value is -2.91. The lowest BCUT2D eigenvalue weighted by Crippen LogP contribution is -2.41. The Labute approximate surface area is 244 Å². The van der Waals surface area contributed by atoms with Crippen LogP contribution in [0.4, 0.5) is 0 Å². The van der Waals surface area contributed by atoms with Gasteiger partial charge in [-0.1, -0.05) is 28.1 Å². The zero-order valence-electron chi connectivity index (χ0n) is 21.6. The van der Waals surface area contributed by atoms with Gasteiger partial charge >= 0.3 is 5.97 Å². The Balaban J connectivity index is 1.61. The van der Waals surface area contributed by atoms with Crippen molar-refractivity contribution in [3.05, 3.63) is 79.0 Å². The van der Waals surface area contributed by atoms with Crippen LogP contribution in [0, 0.1) is 0 Å². The number of hydrogen-bond acceptors (Lipinski definition) is 6. The van der Waals surface area contributed by atoms with Crippen molar-refractivity contribution in [2.24, 2.45) is 0 Å². The van der Waals surface area contributed by atoms with Crippen molar-refractivity contribution >= 4 is 49.4 Å². The van der Waals surface area contributed by atoms with Gasteiger partial charge in [0.25, 0.3) is 0 Å². The number of ketones is 2. The third kappa shape index (κ3) is 5.57. The Kier molecular flexibility index (Phi) is 8.28. The summed E-state index contributed by atoms with van der Waals surface area (Å²) in [6, 6.07) is 11.6. The second-order valence-electron chi connectivity index (χ2n) is 9.87. The number of benzene rings is 2. The molecule has 0 fully saturated rings. The molecule has 0 radical (unpaired) electrons. The molecule has 0 saturated heterocycles. The predicted molar refractivity (Wildman–Crippen MR) is 153 cm³/mol. The smallest absolute Gasteiger partial charge is 0.323 e. The molecule has 2 aliphatic carbocycles. The largest absolute Gasteiger partial charge is 0.490 e. The zero-order valence-corrected chi connectivity index (χ0v) is 24.8. The van der Waals surface area contributed by atoms with Gasteiger partial charge in [-0.25, -0.2) is 0 Å². The van der Waals surface area contributed by atoms with E-state index in [1.54, 1.807) is 4.90 Å². The van der Waals surface area contributed by atoms with E-state index in [0.29, 0.717) is 78.9 Å². The first kappa shape index (κ1) is 27.6. The SMILES string of the molecule is CCOc1cc(C2C3=C(CCCC3=O)N(CC(=O)O)C3=C2C(=O)CCC3)cc(Br)c1OCc1ccc(Br)cc1. The summed E-state index contributed by atoms with van der Waals surface area (Å²) in [4.78, 5) is 40.4. The van der Waals surface area contributed by atoms with Crippen LogP contribution in [0.25, 0.3) is 0 Å². The average Bonchev–Trinajstić information content (AvgIpc) is 2.90. The molecule has 0 aromatic heterocycles. The Bertz CT molecular complexity index is 1350. The van der Waals surface area contributed by atoms with Crippen LogP contribution in [0.3, 0.4) is 0 Å². The Morgan fingerprint density at radius 1 is 0.949 bits per heavy atom. The van der Waals surface area contributed by atoms with Gasteiger partial charge in [-0.05, 0) is 83.9 Å². The fourth-order valence-electron chi connectivity index (χ4n) is 5.77. The van der Waals surface area contributed by atoms with Crippen molar-refractivity contribution < 1.29 is 29.0 Å². The summed E-state index contributed by atoms with van der Waals surface area (Å²) in [5, 5.41) is 9.67. The quantitative estimate of drug-likeness (QED) is 0.338. The molecule has 1 N–H and O–H groups in total. The number of nitrogens with zero attached hydrogens (tertiary/aromatic N) is 1. The molecule has 0 saturated carbocycles. The minimum atomic E-state index is -0.989. The summed E-state index contributed by atoms with van der Waals surface area (Å²) in [7, 11) is 0. The van der Waals surface area contributed by atoms with Gasteiger partial charge in [-0.15, -0.1) is 0 Å². The van der Waals surface area contributed by atoms with Crippen LogP contribution >= 0.6 is 31.9 Å². The van der Waals surface area contributed by atoms with Crippen LogP contribution in [0.15, 0.2) is 67.9 Å². The number of carbonyl (C=O) groups is 3. The molecule has 9 heteroatoms. The lowest BCUT2D eigenvalue weighted by molar-refractivity contribution is -0.138. The number of hydrogen-bond donors (Lipinski definition) is 1. The third-order valence-corrected chi connectivity index (χ3v) is 8.46. The van der Waals surface area contributed by atoms with Crippen LogP contribution < -0.4 is 9.47 Å². The number of aliphatic carboxylic acids is 1. The molecule has 2 aromatic carbocycles. The van der Waals surface area contributed by atoms with E-state index in [1.807, 2.05) is 43.3 Å². The highest BCUT2D eigenvalue weighted by molar-refractivity contribution is 9.10. The Morgan fingerprint density at radius 2 is 1.56 bits per heavy atom. The fourth-order valence-corrected chi connectivity index (χ4v) is 6.61. The van der Waals surface area contributed by atoms with Gasteiger partial charge in [0.05, 0.1) is 11.1 Å². The Morgan fingerprint density at radius 3 is 2.13 bits per heavy atom. The second kappa shape index (κ2) is 11.7. The summed E-state index contributed by atoms with van der Waals surface area (Å²) < 4.78 is 13.8. The molecule has 204 valence electrons. The van der Waals surface area contributed by atoms with Gasteiger partial charge in [0.15, 0.2) is 23.1 Å². The molecule has 0 bridgehead atoms. The lowest BCUT2D eigenvalue weighted by atomic mass is 9.71. The maximum absolute atomic E-state index is 13.4. The van der Waals surface area contributed by atoms with Crippen molar-refractivity contribution in [2.75, 3.05) is 13.2 Å². The fraction of sp³-hybridized carbons (Fsp3) is 0.367. The van der Waals surface area contributed by atoms with Crippen LogP contribution in [0.1, 0.15) is 62.5 Å². The molecule has 7 nitrogen and oxygen atoms in total. The first-order chi connectivity index (χ1) is 18.8. The van der Waals surface area contributed by atoms with Gasteiger partial charge in [-0.2, -0.15) is 0 Å². The zero-order chi connectivity index (χ0) is 27.7. The van der Waals surface area contributed by atoms with E-state index in [4.69, 9.17) is 9.47 Å². The van der Waals surface area contributed by atoms with Crippen molar-refractivity contribution in [1.82, 2.24) is 4.90 Å². The van der Waals surface area contributed by atoms with Crippen molar-refractivity contribution in [2.45, 2.75) is 58.0 Å². The van der Waals surface area contributed by atoms with Gasteiger partial charge in [0.2, 0.25) is 0 Å². The van der Waals surface area contributed by atoms with Gasteiger partial charge in [0, 0.05) is 45.8 Å². The highest BCUT2D eigenvalue weighted by atomic mass is 79.9. The molecule has 0 atom stereocenters. The molecule has 2 aromatic rings. The number of carboxylic acid groups (broad SMARTS) is 1. The molecular weight excluding hydrogens is 630 g/mol. The van der Waals surface area contributed by atoms with Crippen LogP contribution in [-0.4, -0.2) is 40.7 Å². The number of ether oxygens (including phenoxy) is 2. The average molecular weight is 659 g/mol. The number of halogens is 2. The highest BCUT2D eigenvalue weighted by Crippen LogP contribution is 2.51. The first-order valence-corrected chi connectivity index (χ1v) is 14.7. The third-order valence-electron chi connectivity index (χ3n) is 7.34. The first-order valence-electron chi connectivity index (χ1n) is 13.1. The number of Topliss-reactive ketones (excluding diaryl/α,β-unsaturated/α-hetero) is 2. The maximum atomic E-state index is 13.4. The molecule has 1 aliphatic heterocycles. The molecule has 39 heavy (non-hydrogen) atoms. The van der Waals surface area contributed by atoms with E-state index < -0.39 is 11.9 Å². The minimum Gasteiger partial charge on any atom is -0.490 e. The molecule has 0 unspecified atom stereocenters. The molecule has 3 aliphatic rings. The van der Waals surface area contributed by atoms with E-state index >= 15 is 0 Å². The van der Waals surface area contributed by atoms with Gasteiger partial charge in [0.1, 0.15) is 13.2 Å². The summed E-state index contributed by atoms with van der Waals surface area (Å²) in [5.41, 5.74) is 4.28. The van der Waals surface area contributed by atoms with Crippen molar-refractivity contribution in [3.8, 4) is 11.5 Å². The standard InChI is InChI=1S/C30H29Br2NO6/c1-2-38-25-14-18(13-20(32)30(25)39-16-17-9-11-19(31)12-10-17)27-28-21(5-3-7-23(28)34)33(15-26(36)37)22-6-4-8-24(35)29(22)27/h9-14,27H,2-8,15-16H2,1H3,(H,36,37). The number of allylic oxidation sites excluding steroid dienone is 4. The summed E-state index contributed by atoms with van der Waals surface area (Å²) >= 11 is 7.12. The molecule has 5 rings (SSSR count). The van der Waals surface area contributed by atoms with Crippen LogP contribution in [0.5, 0.6) is 11.5 Å². The maximum Gasteiger partial charge on any atom is 0.323 e. The summed E-state index contributed by atoms with van der Waals surface area (Å²) in [6.07, 6.45) is 3.27. The number of carboxylic acids is 1. The minimum absolute atomic E-state index is 0.0359. The van der Waals surface area contributed by atoms with Crippen molar-refractivity contribution in [1.29, 1.82) is 0 Å². The van der Waals surface area contributed by atoms with E-state index in [9.17, 15) is 19.5 Å². The van der Waals surface area contributed by atoms with Crippen molar-refractivity contribution in [3.63, 3.8) is 0 Å². The van der Waals surface area contributed by atoms with Crippen LogP contribution in [0.2, 0.25) is 0 Å².